The van der Waals surface area contributed by atoms with Gasteiger partial charge in [-0.3, -0.25) is 14.9 Å². The fourth-order valence-corrected chi connectivity index (χ4v) is 2.91. The quantitative estimate of drug-likeness (QED) is 0.842. The van der Waals surface area contributed by atoms with Crippen LogP contribution in [0.15, 0.2) is 0 Å². The molecule has 0 fully saturated rings. The summed E-state index contributed by atoms with van der Waals surface area (Å²) in [6.07, 6.45) is 2.00. The maximum absolute atomic E-state index is 5.63. The molecule has 1 aromatic heterocycles. The van der Waals surface area contributed by atoms with Gasteiger partial charge in [0, 0.05) is 26.3 Å². The van der Waals surface area contributed by atoms with Crippen molar-refractivity contribution in [3.8, 4) is 0 Å². The SMILES string of the molecule is CCN1CCCOCCOCCOCCCN(CC)Cc2nc(n[nH]2)C1. The third kappa shape index (κ3) is 8.55. The minimum Gasteiger partial charge on any atom is -0.379 e. The molecule has 0 atom stereocenters. The van der Waals surface area contributed by atoms with Gasteiger partial charge < -0.3 is 14.2 Å². The van der Waals surface area contributed by atoms with Gasteiger partial charge in [0.15, 0.2) is 5.82 Å². The lowest BCUT2D eigenvalue weighted by molar-refractivity contribution is 0.0115. The average Bonchev–Trinajstić information content (AvgIpc) is 3.09. The molecule has 0 saturated heterocycles. The number of fused-ring (bicyclic) bond motifs is 2. The molecule has 150 valence electrons. The topological polar surface area (TPSA) is 75.7 Å². The highest BCUT2D eigenvalue weighted by Gasteiger charge is 2.11. The Kier molecular flexibility index (Phi) is 10.8. The van der Waals surface area contributed by atoms with E-state index in [1.165, 1.54) is 0 Å². The molecule has 8 heteroatoms. The van der Waals surface area contributed by atoms with Gasteiger partial charge in [-0.05, 0) is 25.9 Å². The van der Waals surface area contributed by atoms with Gasteiger partial charge in [-0.1, -0.05) is 13.8 Å². The molecule has 0 radical (unpaired) electrons. The molecule has 8 nitrogen and oxygen atoms in total. The van der Waals surface area contributed by atoms with E-state index in [1.807, 2.05) is 0 Å². The van der Waals surface area contributed by atoms with E-state index in [1.54, 1.807) is 0 Å². The maximum Gasteiger partial charge on any atom is 0.164 e. The Balaban J connectivity index is 1.88. The van der Waals surface area contributed by atoms with E-state index in [9.17, 15) is 0 Å². The summed E-state index contributed by atoms with van der Waals surface area (Å²) in [6, 6.07) is 0. The second kappa shape index (κ2) is 13.2. The summed E-state index contributed by atoms with van der Waals surface area (Å²) in [5.74, 6) is 1.80. The Morgan fingerprint density at radius 3 is 1.92 bits per heavy atom. The molecule has 1 aliphatic rings. The number of aromatic nitrogens is 3. The average molecular weight is 370 g/mol. The highest BCUT2D eigenvalue weighted by molar-refractivity contribution is 4.90. The summed E-state index contributed by atoms with van der Waals surface area (Å²) in [7, 11) is 0. The molecule has 0 unspecified atom stereocenters. The second-order valence-electron chi connectivity index (χ2n) is 6.48. The lowest BCUT2D eigenvalue weighted by Crippen LogP contribution is -2.26. The van der Waals surface area contributed by atoms with Crippen molar-refractivity contribution in [1.82, 2.24) is 25.0 Å². The molecule has 1 aromatic rings. The van der Waals surface area contributed by atoms with E-state index in [0.717, 1.165) is 77.0 Å². The molecule has 0 aliphatic carbocycles. The molecule has 0 aromatic carbocycles. The first kappa shape index (κ1) is 21.2. The van der Waals surface area contributed by atoms with Crippen LogP contribution in [0.4, 0.5) is 0 Å². The molecular formula is C18H35N5O3. The first-order valence-electron chi connectivity index (χ1n) is 9.90. The number of aromatic amines is 1. The summed E-state index contributed by atoms with van der Waals surface area (Å²) in [6.45, 7) is 13.9. The van der Waals surface area contributed by atoms with Crippen molar-refractivity contribution in [2.24, 2.45) is 0 Å². The van der Waals surface area contributed by atoms with E-state index >= 15 is 0 Å². The van der Waals surface area contributed by atoms with Crippen LogP contribution in [-0.2, 0) is 27.3 Å². The Bertz CT molecular complexity index is 433. The lowest BCUT2D eigenvalue weighted by Gasteiger charge is -2.19. The van der Waals surface area contributed by atoms with Gasteiger partial charge >= 0.3 is 0 Å². The first-order valence-corrected chi connectivity index (χ1v) is 9.90. The van der Waals surface area contributed by atoms with Crippen molar-refractivity contribution in [3.05, 3.63) is 11.6 Å². The number of rotatable bonds is 2. The Morgan fingerprint density at radius 2 is 1.35 bits per heavy atom. The van der Waals surface area contributed by atoms with Crippen LogP contribution < -0.4 is 0 Å². The van der Waals surface area contributed by atoms with Crippen LogP contribution >= 0.6 is 0 Å². The molecule has 2 bridgehead atoms. The van der Waals surface area contributed by atoms with Gasteiger partial charge in [0.1, 0.15) is 5.82 Å². The zero-order valence-electron chi connectivity index (χ0n) is 16.4. The molecular weight excluding hydrogens is 334 g/mol. The predicted molar refractivity (Wildman–Crippen MR) is 100.0 cm³/mol. The van der Waals surface area contributed by atoms with Crippen LogP contribution in [0.5, 0.6) is 0 Å². The second-order valence-corrected chi connectivity index (χ2v) is 6.48. The molecule has 2 heterocycles. The predicted octanol–water partition coefficient (Wildman–Crippen LogP) is 1.29. The van der Waals surface area contributed by atoms with Crippen molar-refractivity contribution in [2.45, 2.75) is 39.8 Å². The zero-order chi connectivity index (χ0) is 18.5. The van der Waals surface area contributed by atoms with E-state index in [0.29, 0.717) is 26.4 Å². The Morgan fingerprint density at radius 1 is 0.808 bits per heavy atom. The minimum absolute atomic E-state index is 0.629. The Hall–Kier alpha value is -1.06. The highest BCUT2D eigenvalue weighted by Crippen LogP contribution is 2.04. The lowest BCUT2D eigenvalue weighted by atomic mass is 10.3. The van der Waals surface area contributed by atoms with E-state index < -0.39 is 0 Å². The summed E-state index contributed by atoms with van der Waals surface area (Å²) >= 11 is 0. The molecule has 2 rings (SSSR count). The molecule has 0 saturated carbocycles. The molecule has 0 amide bonds. The summed E-state index contributed by atoms with van der Waals surface area (Å²) < 4.78 is 16.8. The largest absolute Gasteiger partial charge is 0.379 e. The van der Waals surface area contributed by atoms with Crippen molar-refractivity contribution in [1.29, 1.82) is 0 Å². The van der Waals surface area contributed by atoms with Crippen molar-refractivity contribution < 1.29 is 14.2 Å². The number of nitrogens with one attached hydrogen (secondary N) is 1. The standard InChI is InChI=1S/C18H35N5O3/c1-3-22-7-5-9-24-11-13-26-14-12-25-10-6-8-23(4-2)16-18-19-17(15-22)20-21-18/h3-16H2,1-2H3,(H,19,20,21). The number of hydrogen-bond donors (Lipinski definition) is 1. The van der Waals surface area contributed by atoms with Gasteiger partial charge in [0.2, 0.25) is 0 Å². The fourth-order valence-electron chi connectivity index (χ4n) is 2.91. The van der Waals surface area contributed by atoms with Gasteiger partial charge in [-0.2, -0.15) is 5.10 Å². The van der Waals surface area contributed by atoms with Gasteiger partial charge in [0.05, 0.1) is 39.5 Å². The number of H-pyrrole nitrogens is 1. The van der Waals surface area contributed by atoms with Crippen LogP contribution in [0.2, 0.25) is 0 Å². The number of nitrogens with zero attached hydrogens (tertiary/aromatic N) is 4. The molecule has 1 aliphatic heterocycles. The van der Waals surface area contributed by atoms with E-state index in [2.05, 4.69) is 38.8 Å². The molecule has 0 spiro atoms. The monoisotopic (exact) mass is 369 g/mol. The summed E-state index contributed by atoms with van der Waals surface area (Å²) in [5, 5.41) is 7.48. The van der Waals surface area contributed by atoms with Crippen LogP contribution in [0.3, 0.4) is 0 Å². The van der Waals surface area contributed by atoms with Crippen LogP contribution in [0, 0.1) is 0 Å². The normalized spacial score (nSPS) is 21.5. The number of ether oxygens (including phenoxy) is 3. The Labute approximate surface area is 157 Å². The fraction of sp³-hybridized carbons (Fsp3) is 0.889. The van der Waals surface area contributed by atoms with Gasteiger partial charge in [-0.25, -0.2) is 4.98 Å². The van der Waals surface area contributed by atoms with Crippen molar-refractivity contribution in [3.63, 3.8) is 0 Å². The summed E-state index contributed by atoms with van der Waals surface area (Å²) in [4.78, 5) is 9.37. The third-order valence-electron chi connectivity index (χ3n) is 4.48. The van der Waals surface area contributed by atoms with Crippen LogP contribution in [-0.4, -0.2) is 90.8 Å². The zero-order valence-corrected chi connectivity index (χ0v) is 16.4. The van der Waals surface area contributed by atoms with Crippen molar-refractivity contribution in [2.75, 3.05) is 65.8 Å². The minimum atomic E-state index is 0.629. The smallest absolute Gasteiger partial charge is 0.164 e. The molecule has 26 heavy (non-hydrogen) atoms. The van der Waals surface area contributed by atoms with Crippen molar-refractivity contribution >= 4 is 0 Å². The molecule has 1 N–H and O–H groups in total. The van der Waals surface area contributed by atoms with Gasteiger partial charge in [0.25, 0.3) is 0 Å². The third-order valence-corrected chi connectivity index (χ3v) is 4.48. The van der Waals surface area contributed by atoms with Gasteiger partial charge in [-0.15, -0.1) is 0 Å². The van der Waals surface area contributed by atoms with Crippen LogP contribution in [0.25, 0.3) is 0 Å². The number of hydrogen-bond acceptors (Lipinski definition) is 7. The summed E-state index contributed by atoms with van der Waals surface area (Å²) in [5.41, 5.74) is 0. The van der Waals surface area contributed by atoms with E-state index in [-0.39, 0.29) is 0 Å². The van der Waals surface area contributed by atoms with E-state index in [4.69, 9.17) is 14.2 Å². The van der Waals surface area contributed by atoms with Crippen LogP contribution in [0.1, 0.15) is 38.3 Å². The maximum atomic E-state index is 5.63. The highest BCUT2D eigenvalue weighted by atomic mass is 16.5. The first-order chi connectivity index (χ1) is 12.8.